The fourth-order valence-corrected chi connectivity index (χ4v) is 3.90. The van der Waals surface area contributed by atoms with Gasteiger partial charge in [-0.1, -0.05) is 48.5 Å². The first-order chi connectivity index (χ1) is 13.6. The molecule has 1 aliphatic rings. The zero-order valence-electron chi connectivity index (χ0n) is 14.5. The molecule has 5 heteroatoms. The second-order valence-electron chi connectivity index (χ2n) is 6.64. The van der Waals surface area contributed by atoms with Crippen molar-refractivity contribution in [3.8, 4) is 0 Å². The summed E-state index contributed by atoms with van der Waals surface area (Å²) in [5.74, 6) is -2.01. The lowest BCUT2D eigenvalue weighted by Crippen LogP contribution is -2.40. The maximum Gasteiger partial charge on any atom is 0.336 e. The molecule has 0 radical (unpaired) electrons. The third kappa shape index (κ3) is 2.10. The summed E-state index contributed by atoms with van der Waals surface area (Å²) in [6.45, 7) is 0. The highest BCUT2D eigenvalue weighted by atomic mass is 16.4. The van der Waals surface area contributed by atoms with Gasteiger partial charge in [-0.25, -0.2) is 9.69 Å². The van der Waals surface area contributed by atoms with Gasteiger partial charge in [-0.2, -0.15) is 0 Å². The largest absolute Gasteiger partial charge is 0.478 e. The number of carboxylic acid groups (broad SMARTS) is 1. The van der Waals surface area contributed by atoms with Crippen LogP contribution in [0.5, 0.6) is 0 Å². The number of imide groups is 1. The Labute approximate surface area is 159 Å². The van der Waals surface area contributed by atoms with Gasteiger partial charge in [0.25, 0.3) is 11.8 Å². The molecule has 0 fully saturated rings. The van der Waals surface area contributed by atoms with Crippen LogP contribution >= 0.6 is 0 Å². The number of carbonyl (C=O) groups is 3. The van der Waals surface area contributed by atoms with Crippen LogP contribution in [-0.2, 0) is 0 Å². The molecule has 1 aliphatic heterocycles. The Morgan fingerprint density at radius 2 is 1.36 bits per heavy atom. The minimum atomic E-state index is -1.10. The van der Waals surface area contributed by atoms with Crippen molar-refractivity contribution in [3.05, 3.63) is 89.5 Å². The predicted molar refractivity (Wildman–Crippen MR) is 106 cm³/mol. The van der Waals surface area contributed by atoms with Gasteiger partial charge in [0.2, 0.25) is 0 Å². The van der Waals surface area contributed by atoms with E-state index in [1.807, 2.05) is 36.4 Å². The summed E-state index contributed by atoms with van der Waals surface area (Å²) in [5, 5.41) is 12.0. The van der Waals surface area contributed by atoms with Crippen molar-refractivity contribution in [1.29, 1.82) is 0 Å². The molecular formula is C23H13NO4. The van der Waals surface area contributed by atoms with E-state index < -0.39 is 17.8 Å². The van der Waals surface area contributed by atoms with Gasteiger partial charge in [0, 0.05) is 21.9 Å². The topological polar surface area (TPSA) is 74.7 Å². The number of anilines is 1. The Morgan fingerprint density at radius 1 is 0.714 bits per heavy atom. The zero-order valence-corrected chi connectivity index (χ0v) is 14.5. The number of nitrogens with zero attached hydrogens (tertiary/aromatic N) is 1. The summed E-state index contributed by atoms with van der Waals surface area (Å²) in [6, 6.07) is 20.8. The highest BCUT2D eigenvalue weighted by Gasteiger charge is 2.35. The zero-order chi connectivity index (χ0) is 19.4. The molecule has 0 aliphatic carbocycles. The second-order valence-corrected chi connectivity index (χ2v) is 6.64. The van der Waals surface area contributed by atoms with E-state index in [4.69, 9.17) is 0 Å². The van der Waals surface area contributed by atoms with E-state index in [0.717, 1.165) is 10.8 Å². The third-order valence-corrected chi connectivity index (χ3v) is 5.15. The summed E-state index contributed by atoms with van der Waals surface area (Å²) in [4.78, 5) is 39.3. The average Bonchev–Trinajstić information content (AvgIpc) is 2.71. The van der Waals surface area contributed by atoms with Crippen LogP contribution in [0.1, 0.15) is 31.1 Å². The maximum absolute atomic E-state index is 13.3. The van der Waals surface area contributed by atoms with Gasteiger partial charge in [0.1, 0.15) is 0 Å². The lowest BCUT2D eigenvalue weighted by Gasteiger charge is -2.28. The van der Waals surface area contributed by atoms with Gasteiger partial charge in [-0.15, -0.1) is 0 Å². The van der Waals surface area contributed by atoms with E-state index in [1.54, 1.807) is 24.3 Å². The van der Waals surface area contributed by atoms with Crippen LogP contribution in [0.3, 0.4) is 0 Å². The van der Waals surface area contributed by atoms with Gasteiger partial charge < -0.3 is 5.11 Å². The molecular weight excluding hydrogens is 354 g/mol. The van der Waals surface area contributed by atoms with Crippen LogP contribution in [0.4, 0.5) is 5.69 Å². The average molecular weight is 367 g/mol. The number of rotatable bonds is 2. The van der Waals surface area contributed by atoms with E-state index >= 15 is 0 Å². The Kier molecular flexibility index (Phi) is 3.33. The monoisotopic (exact) mass is 367 g/mol. The molecule has 0 atom stereocenters. The Hall–Kier alpha value is -3.99. The number of carboxylic acids is 1. The van der Waals surface area contributed by atoms with E-state index in [-0.39, 0.29) is 5.56 Å². The van der Waals surface area contributed by atoms with E-state index in [1.165, 1.54) is 17.0 Å². The fourth-order valence-electron chi connectivity index (χ4n) is 3.90. The van der Waals surface area contributed by atoms with Crippen LogP contribution in [0, 0.1) is 0 Å². The predicted octanol–water partition coefficient (Wildman–Crippen LogP) is 4.49. The fraction of sp³-hybridized carbons (Fsp3) is 0. The Balaban J connectivity index is 1.81. The first-order valence-electron chi connectivity index (χ1n) is 8.73. The summed E-state index contributed by atoms with van der Waals surface area (Å²) < 4.78 is 0. The molecule has 28 heavy (non-hydrogen) atoms. The van der Waals surface area contributed by atoms with Crippen LogP contribution in [-0.4, -0.2) is 22.9 Å². The number of fused-ring (bicyclic) bond motifs is 1. The molecule has 5 nitrogen and oxygen atoms in total. The Bertz CT molecular complexity index is 1310. The summed E-state index contributed by atoms with van der Waals surface area (Å²) in [7, 11) is 0. The van der Waals surface area contributed by atoms with Gasteiger partial charge in [-0.3, -0.25) is 9.59 Å². The summed E-state index contributed by atoms with van der Waals surface area (Å²) in [5.41, 5.74) is 1.23. The molecule has 0 aromatic heterocycles. The summed E-state index contributed by atoms with van der Waals surface area (Å²) in [6.07, 6.45) is 0. The van der Waals surface area contributed by atoms with E-state index in [0.29, 0.717) is 27.6 Å². The summed E-state index contributed by atoms with van der Waals surface area (Å²) >= 11 is 0. The molecule has 4 aromatic rings. The van der Waals surface area contributed by atoms with Crippen molar-refractivity contribution in [2.75, 3.05) is 4.90 Å². The van der Waals surface area contributed by atoms with Gasteiger partial charge >= 0.3 is 5.97 Å². The number of hydrogen-bond acceptors (Lipinski definition) is 3. The van der Waals surface area contributed by atoms with Crippen molar-refractivity contribution >= 4 is 45.0 Å². The maximum atomic E-state index is 13.3. The Morgan fingerprint density at radius 3 is 2.14 bits per heavy atom. The van der Waals surface area contributed by atoms with Crippen molar-refractivity contribution in [2.24, 2.45) is 0 Å². The molecule has 0 saturated heterocycles. The lowest BCUT2D eigenvalue weighted by atomic mass is 9.90. The smallest absolute Gasteiger partial charge is 0.336 e. The molecule has 2 amide bonds. The number of carbonyl (C=O) groups excluding carboxylic acids is 2. The molecule has 0 unspecified atom stereocenters. The van der Waals surface area contributed by atoms with E-state index in [2.05, 4.69) is 0 Å². The van der Waals surface area contributed by atoms with Crippen LogP contribution in [0.15, 0.2) is 72.8 Å². The number of hydrogen-bond donors (Lipinski definition) is 1. The molecule has 134 valence electrons. The second kappa shape index (κ2) is 5.76. The first-order valence-corrected chi connectivity index (χ1v) is 8.73. The molecule has 1 heterocycles. The molecule has 5 rings (SSSR count). The van der Waals surface area contributed by atoms with Crippen LogP contribution < -0.4 is 4.90 Å². The molecule has 0 bridgehead atoms. The van der Waals surface area contributed by atoms with Gasteiger partial charge in [-0.05, 0) is 35.0 Å². The van der Waals surface area contributed by atoms with E-state index in [9.17, 15) is 19.5 Å². The third-order valence-electron chi connectivity index (χ3n) is 5.15. The van der Waals surface area contributed by atoms with Gasteiger partial charge in [0.15, 0.2) is 0 Å². The number of benzene rings is 4. The van der Waals surface area contributed by atoms with Crippen LogP contribution in [0.25, 0.3) is 21.5 Å². The first kappa shape index (κ1) is 16.2. The van der Waals surface area contributed by atoms with Gasteiger partial charge in [0.05, 0.1) is 11.3 Å². The standard InChI is InChI=1S/C23H13NO4/c25-21-17-9-4-8-15-16(23(27)28)11-12-18(20(15)17)22(26)24(21)19-10-3-6-13-5-1-2-7-14(13)19/h1-12H,(H,27,28). The quantitative estimate of drug-likeness (QED) is 0.530. The number of aromatic carboxylic acids is 1. The highest BCUT2D eigenvalue weighted by molar-refractivity contribution is 6.37. The minimum absolute atomic E-state index is 0.0693. The lowest BCUT2D eigenvalue weighted by molar-refractivity contribution is 0.0697. The molecule has 0 saturated carbocycles. The van der Waals surface area contributed by atoms with Crippen molar-refractivity contribution in [2.45, 2.75) is 0 Å². The normalized spacial score (nSPS) is 13.4. The SMILES string of the molecule is O=C(O)c1ccc2c3c(cccc13)C(=O)N(c1cccc3ccccc13)C2=O. The minimum Gasteiger partial charge on any atom is -0.478 e. The molecule has 1 N–H and O–H groups in total. The molecule has 0 spiro atoms. The van der Waals surface area contributed by atoms with Crippen molar-refractivity contribution < 1.29 is 19.5 Å². The van der Waals surface area contributed by atoms with Crippen molar-refractivity contribution in [1.82, 2.24) is 0 Å². The van der Waals surface area contributed by atoms with Crippen LogP contribution in [0.2, 0.25) is 0 Å². The van der Waals surface area contributed by atoms with Crippen molar-refractivity contribution in [3.63, 3.8) is 0 Å². The molecule has 4 aromatic carbocycles. The number of amides is 2. The highest BCUT2D eigenvalue weighted by Crippen LogP contribution is 2.36.